The topological polar surface area (TPSA) is 84.0 Å². The SMILES string of the molecule is Fc1cc(Nc2ccccc2-c2ncnc(NC3COC3)n2)ccc1NSc1ccccc1Cl. The Morgan fingerprint density at radius 3 is 2.59 bits per heavy atom. The standard InChI is InChI=1S/C24H20ClFN6OS/c25-18-6-2-4-8-22(18)34-32-21-10-9-15(11-19(21)26)29-20-7-3-1-5-17(20)23-27-14-28-24(31-23)30-16-12-33-13-16/h1-11,14,16,29,32H,12-13H2,(H,27,28,30,31). The van der Waals surface area contributed by atoms with Crippen molar-refractivity contribution in [1.29, 1.82) is 0 Å². The first-order valence-electron chi connectivity index (χ1n) is 10.5. The van der Waals surface area contributed by atoms with Crippen LogP contribution >= 0.6 is 23.5 Å². The summed E-state index contributed by atoms with van der Waals surface area (Å²) in [5.74, 6) is 0.609. The lowest BCUT2D eigenvalue weighted by atomic mass is 10.1. The second-order valence-corrected chi connectivity index (χ2v) is 8.77. The van der Waals surface area contributed by atoms with Gasteiger partial charge in [-0.05, 0) is 54.4 Å². The molecule has 1 aliphatic rings. The first kappa shape index (κ1) is 22.4. The molecule has 0 spiro atoms. The van der Waals surface area contributed by atoms with Crippen LogP contribution in [-0.2, 0) is 4.74 Å². The summed E-state index contributed by atoms with van der Waals surface area (Å²) in [5.41, 5.74) is 2.47. The van der Waals surface area contributed by atoms with Gasteiger partial charge in [0.15, 0.2) is 5.82 Å². The molecule has 172 valence electrons. The van der Waals surface area contributed by atoms with Crippen LogP contribution in [0.15, 0.2) is 78.0 Å². The number of nitrogens with zero attached hydrogens (tertiary/aromatic N) is 3. The molecule has 1 saturated heterocycles. The third-order valence-electron chi connectivity index (χ3n) is 5.07. The lowest BCUT2D eigenvalue weighted by Gasteiger charge is -2.26. The maximum Gasteiger partial charge on any atom is 0.226 e. The number of aromatic nitrogens is 3. The Morgan fingerprint density at radius 1 is 0.971 bits per heavy atom. The molecule has 34 heavy (non-hydrogen) atoms. The minimum atomic E-state index is -0.392. The number of para-hydroxylation sites is 1. The molecule has 0 bridgehead atoms. The molecule has 0 aliphatic carbocycles. The first-order valence-corrected chi connectivity index (χ1v) is 11.7. The molecule has 5 rings (SSSR count). The van der Waals surface area contributed by atoms with Crippen LogP contribution in [0.4, 0.5) is 27.4 Å². The largest absolute Gasteiger partial charge is 0.377 e. The number of hydrogen-bond donors (Lipinski definition) is 3. The van der Waals surface area contributed by atoms with Crippen LogP contribution in [0.1, 0.15) is 0 Å². The Hall–Kier alpha value is -3.40. The summed E-state index contributed by atoms with van der Waals surface area (Å²) in [6, 6.07) is 20.1. The van der Waals surface area contributed by atoms with Crippen LogP contribution in [-0.4, -0.2) is 34.2 Å². The third-order valence-corrected chi connectivity index (χ3v) is 6.41. The second-order valence-electron chi connectivity index (χ2n) is 7.51. The van der Waals surface area contributed by atoms with Crippen LogP contribution in [0.3, 0.4) is 0 Å². The van der Waals surface area contributed by atoms with Crippen molar-refractivity contribution >= 4 is 46.6 Å². The van der Waals surface area contributed by atoms with Crippen LogP contribution < -0.4 is 15.4 Å². The highest BCUT2D eigenvalue weighted by Crippen LogP contribution is 2.32. The van der Waals surface area contributed by atoms with Gasteiger partial charge in [-0.3, -0.25) is 0 Å². The van der Waals surface area contributed by atoms with Gasteiger partial charge in [-0.2, -0.15) is 4.98 Å². The highest BCUT2D eigenvalue weighted by atomic mass is 35.5. The van der Waals surface area contributed by atoms with E-state index in [1.165, 1.54) is 24.3 Å². The molecule has 1 aliphatic heterocycles. The molecular formula is C24H20ClFN6OS. The first-order chi connectivity index (χ1) is 16.7. The predicted molar refractivity (Wildman–Crippen MR) is 134 cm³/mol. The molecular weight excluding hydrogens is 475 g/mol. The minimum absolute atomic E-state index is 0.204. The summed E-state index contributed by atoms with van der Waals surface area (Å²) < 4.78 is 23.0. The van der Waals surface area contributed by atoms with Crippen LogP contribution in [0.2, 0.25) is 5.02 Å². The van der Waals surface area contributed by atoms with Crippen molar-refractivity contribution in [3.05, 3.63) is 83.9 Å². The molecule has 0 radical (unpaired) electrons. The smallest absolute Gasteiger partial charge is 0.226 e. The normalized spacial score (nSPS) is 13.2. The molecule has 0 amide bonds. The summed E-state index contributed by atoms with van der Waals surface area (Å²) in [4.78, 5) is 13.9. The average molecular weight is 495 g/mol. The van der Waals surface area contributed by atoms with Gasteiger partial charge in [0.05, 0.1) is 30.0 Å². The molecule has 0 unspecified atom stereocenters. The number of rotatable bonds is 8. The van der Waals surface area contributed by atoms with Gasteiger partial charge in [0.1, 0.15) is 12.1 Å². The highest BCUT2D eigenvalue weighted by molar-refractivity contribution is 8.00. The number of benzene rings is 3. The van der Waals surface area contributed by atoms with Crippen LogP contribution in [0.25, 0.3) is 11.4 Å². The summed E-state index contributed by atoms with van der Waals surface area (Å²) >= 11 is 7.42. The molecule has 7 nitrogen and oxygen atoms in total. The summed E-state index contributed by atoms with van der Waals surface area (Å²) in [6.07, 6.45) is 1.47. The zero-order valence-electron chi connectivity index (χ0n) is 17.8. The zero-order chi connectivity index (χ0) is 23.3. The van der Waals surface area contributed by atoms with E-state index in [1.807, 2.05) is 42.5 Å². The molecule has 3 aromatic carbocycles. The Kier molecular flexibility index (Phi) is 6.75. The Balaban J connectivity index is 1.32. The van der Waals surface area contributed by atoms with Crippen molar-refractivity contribution in [1.82, 2.24) is 15.0 Å². The molecule has 1 aromatic heterocycles. The zero-order valence-corrected chi connectivity index (χ0v) is 19.4. The molecule has 3 N–H and O–H groups in total. The van der Waals surface area contributed by atoms with E-state index in [0.717, 1.165) is 16.1 Å². The third kappa shape index (κ3) is 5.22. The Morgan fingerprint density at radius 2 is 1.79 bits per heavy atom. The van der Waals surface area contributed by atoms with E-state index in [9.17, 15) is 4.39 Å². The maximum atomic E-state index is 14.8. The number of anilines is 4. The van der Waals surface area contributed by atoms with Gasteiger partial charge >= 0.3 is 0 Å². The summed E-state index contributed by atoms with van der Waals surface area (Å²) in [6.45, 7) is 1.26. The van der Waals surface area contributed by atoms with Crippen LogP contribution in [0.5, 0.6) is 0 Å². The summed E-state index contributed by atoms with van der Waals surface area (Å²) in [5, 5.41) is 7.10. The molecule has 10 heteroatoms. The van der Waals surface area contributed by atoms with Gasteiger partial charge in [-0.25, -0.2) is 14.4 Å². The van der Waals surface area contributed by atoms with Gasteiger partial charge in [0.25, 0.3) is 0 Å². The molecule has 4 aromatic rings. The predicted octanol–water partition coefficient (Wildman–Crippen LogP) is 6.00. The highest BCUT2D eigenvalue weighted by Gasteiger charge is 2.19. The van der Waals surface area contributed by atoms with E-state index in [-0.39, 0.29) is 6.04 Å². The minimum Gasteiger partial charge on any atom is -0.377 e. The fourth-order valence-electron chi connectivity index (χ4n) is 3.25. The van der Waals surface area contributed by atoms with Crippen molar-refractivity contribution in [3.63, 3.8) is 0 Å². The summed E-state index contributed by atoms with van der Waals surface area (Å²) in [7, 11) is 0. The second kappa shape index (κ2) is 10.3. The molecule has 1 fully saturated rings. The van der Waals surface area contributed by atoms with E-state index >= 15 is 0 Å². The van der Waals surface area contributed by atoms with Crippen molar-refractivity contribution in [3.8, 4) is 11.4 Å². The Bertz CT molecular complexity index is 1310. The van der Waals surface area contributed by atoms with E-state index in [1.54, 1.807) is 18.2 Å². The number of nitrogens with one attached hydrogen (secondary N) is 3. The number of halogens is 2. The van der Waals surface area contributed by atoms with Crippen molar-refractivity contribution in [2.75, 3.05) is 28.6 Å². The number of ether oxygens (including phenoxy) is 1. The molecule has 0 saturated carbocycles. The molecule has 2 heterocycles. The van der Waals surface area contributed by atoms with Crippen molar-refractivity contribution in [2.45, 2.75) is 10.9 Å². The van der Waals surface area contributed by atoms with Crippen molar-refractivity contribution < 1.29 is 9.13 Å². The van der Waals surface area contributed by atoms with Crippen LogP contribution in [0, 0.1) is 5.82 Å². The lowest BCUT2D eigenvalue weighted by molar-refractivity contribution is 0.0208. The van der Waals surface area contributed by atoms with E-state index < -0.39 is 5.82 Å². The maximum absolute atomic E-state index is 14.8. The monoisotopic (exact) mass is 494 g/mol. The van der Waals surface area contributed by atoms with E-state index in [4.69, 9.17) is 16.3 Å². The van der Waals surface area contributed by atoms with Gasteiger partial charge in [0, 0.05) is 21.8 Å². The fourth-order valence-corrected chi connectivity index (χ4v) is 4.20. The lowest BCUT2D eigenvalue weighted by Crippen LogP contribution is -2.40. The van der Waals surface area contributed by atoms with E-state index in [0.29, 0.717) is 41.4 Å². The van der Waals surface area contributed by atoms with Gasteiger partial charge in [0.2, 0.25) is 5.95 Å². The fraction of sp³-hybridized carbons (Fsp3) is 0.125. The van der Waals surface area contributed by atoms with Gasteiger partial charge < -0.3 is 20.1 Å². The Labute approximate surface area is 205 Å². The molecule has 0 atom stereocenters. The van der Waals surface area contributed by atoms with E-state index in [2.05, 4.69) is 30.3 Å². The number of hydrogen-bond acceptors (Lipinski definition) is 8. The van der Waals surface area contributed by atoms with Gasteiger partial charge in [-0.15, -0.1) is 0 Å². The quantitative estimate of drug-likeness (QED) is 0.257. The average Bonchev–Trinajstić information content (AvgIpc) is 2.82. The van der Waals surface area contributed by atoms with Gasteiger partial charge in [-0.1, -0.05) is 35.9 Å². The van der Waals surface area contributed by atoms with Crippen molar-refractivity contribution in [2.24, 2.45) is 0 Å².